The Labute approximate surface area is 197 Å². The van der Waals surface area contributed by atoms with Crippen molar-refractivity contribution in [3.8, 4) is 0 Å². The summed E-state index contributed by atoms with van der Waals surface area (Å²) >= 11 is 6.61. The number of aliphatic hydroxyl groups excluding tert-OH is 3. The van der Waals surface area contributed by atoms with Crippen molar-refractivity contribution in [2.24, 2.45) is 5.92 Å². The first-order valence-corrected chi connectivity index (χ1v) is 12.4. The maximum atomic E-state index is 11.5. The minimum absolute atomic E-state index is 0.0497. The van der Waals surface area contributed by atoms with E-state index >= 15 is 0 Å². The summed E-state index contributed by atoms with van der Waals surface area (Å²) in [5, 5.41) is 29.8. The van der Waals surface area contributed by atoms with Gasteiger partial charge in [-0.25, -0.2) is 0 Å². The minimum atomic E-state index is -0.496. The van der Waals surface area contributed by atoms with Crippen molar-refractivity contribution in [1.82, 2.24) is 0 Å². The van der Waals surface area contributed by atoms with Crippen molar-refractivity contribution in [1.29, 1.82) is 0 Å². The van der Waals surface area contributed by atoms with Crippen molar-refractivity contribution in [2.75, 3.05) is 13.2 Å². The largest absolute Gasteiger partial charge is 0.463 e. The van der Waals surface area contributed by atoms with E-state index in [0.29, 0.717) is 19.3 Å². The van der Waals surface area contributed by atoms with E-state index in [9.17, 15) is 15.0 Å². The summed E-state index contributed by atoms with van der Waals surface area (Å²) in [5.41, 5.74) is 1.95. The van der Waals surface area contributed by atoms with Crippen LogP contribution in [0.3, 0.4) is 0 Å². The number of carbonyl (C=O) groups is 1. The van der Waals surface area contributed by atoms with E-state index in [0.717, 1.165) is 49.7 Å². The zero-order valence-corrected chi connectivity index (χ0v) is 19.9. The average molecular weight is 467 g/mol. The number of esters is 1. The average Bonchev–Trinajstić information content (AvgIpc) is 3.07. The lowest BCUT2D eigenvalue weighted by atomic mass is 9.84. The van der Waals surface area contributed by atoms with Gasteiger partial charge in [-0.3, -0.25) is 4.79 Å². The molecular formula is C26H39ClO5. The van der Waals surface area contributed by atoms with Crippen LogP contribution in [0.4, 0.5) is 0 Å². The molecule has 1 aliphatic rings. The lowest BCUT2D eigenvalue weighted by molar-refractivity contribution is -0.144. The number of aliphatic hydroxyl groups is 3. The Hall–Kier alpha value is -1.40. The van der Waals surface area contributed by atoms with Crippen molar-refractivity contribution < 1.29 is 24.9 Å². The van der Waals surface area contributed by atoms with E-state index in [1.54, 1.807) is 0 Å². The van der Waals surface area contributed by atoms with Gasteiger partial charge in [0.15, 0.2) is 0 Å². The zero-order chi connectivity index (χ0) is 23.3. The number of alkyl halides is 1. The van der Waals surface area contributed by atoms with E-state index in [4.69, 9.17) is 21.4 Å². The van der Waals surface area contributed by atoms with E-state index in [1.165, 1.54) is 0 Å². The van der Waals surface area contributed by atoms with Gasteiger partial charge in [0.25, 0.3) is 0 Å². The quantitative estimate of drug-likeness (QED) is 0.155. The third kappa shape index (κ3) is 8.51. The first-order valence-electron chi connectivity index (χ1n) is 12.0. The summed E-state index contributed by atoms with van der Waals surface area (Å²) in [6.07, 6.45) is 10.3. The van der Waals surface area contributed by atoms with Gasteiger partial charge in [0.05, 0.1) is 18.8 Å². The molecule has 0 aromatic heterocycles. The highest BCUT2D eigenvalue weighted by Gasteiger charge is 2.41. The summed E-state index contributed by atoms with van der Waals surface area (Å²) in [6, 6.07) is 7.98. The van der Waals surface area contributed by atoms with Gasteiger partial charge < -0.3 is 20.1 Å². The Balaban J connectivity index is 1.93. The first-order chi connectivity index (χ1) is 15.5. The highest BCUT2D eigenvalue weighted by atomic mass is 35.5. The topological polar surface area (TPSA) is 87.0 Å². The smallest absolute Gasteiger partial charge is 0.305 e. The van der Waals surface area contributed by atoms with Crippen LogP contribution in [-0.4, -0.2) is 46.0 Å². The summed E-state index contributed by atoms with van der Waals surface area (Å²) < 4.78 is 4.85. The van der Waals surface area contributed by atoms with Crippen LogP contribution in [0.5, 0.6) is 0 Å². The zero-order valence-electron chi connectivity index (χ0n) is 19.2. The first kappa shape index (κ1) is 26.8. The molecule has 0 aliphatic heterocycles. The monoisotopic (exact) mass is 466 g/mol. The predicted octanol–water partition coefficient (Wildman–Crippen LogP) is 5.02. The normalized spacial score (nSPS) is 24.2. The molecule has 0 radical (unpaired) electrons. The van der Waals surface area contributed by atoms with Gasteiger partial charge in [0.2, 0.25) is 0 Å². The SMILES string of the molecule is CCCCCC(O)c1cccc([C@@H]2[C@@H](C/C=C\CCCC(=O)OCCO)[C@H](Cl)C[C@H]2O)c1. The molecule has 1 unspecified atom stereocenters. The third-order valence-electron chi connectivity index (χ3n) is 6.25. The van der Waals surface area contributed by atoms with Gasteiger partial charge in [-0.05, 0) is 49.1 Å². The second kappa shape index (κ2) is 14.7. The van der Waals surface area contributed by atoms with E-state index in [-0.39, 0.29) is 36.4 Å². The molecule has 0 heterocycles. The number of hydrogen-bond donors (Lipinski definition) is 3. The van der Waals surface area contributed by atoms with E-state index in [1.807, 2.05) is 24.3 Å². The van der Waals surface area contributed by atoms with Gasteiger partial charge in [0.1, 0.15) is 6.61 Å². The third-order valence-corrected chi connectivity index (χ3v) is 6.75. The Morgan fingerprint density at radius 1 is 1.28 bits per heavy atom. The van der Waals surface area contributed by atoms with Crippen molar-refractivity contribution in [3.05, 3.63) is 47.5 Å². The molecule has 1 saturated carbocycles. The molecular weight excluding hydrogens is 428 g/mol. The van der Waals surface area contributed by atoms with Crippen LogP contribution in [0.1, 0.15) is 87.9 Å². The fourth-order valence-corrected chi connectivity index (χ4v) is 4.96. The number of ether oxygens (including phenoxy) is 1. The predicted molar refractivity (Wildman–Crippen MR) is 128 cm³/mol. The molecule has 2 rings (SSSR count). The molecule has 180 valence electrons. The Morgan fingerprint density at radius 3 is 2.84 bits per heavy atom. The standard InChI is InChI=1S/C26H39ClO5/c1-2-3-6-13-23(29)19-10-9-11-20(17-19)26-21(22(27)18-24(26)30)12-7-4-5-8-14-25(31)32-16-15-28/h4,7,9-11,17,21-24,26,28-30H,2-3,5-6,8,12-16,18H2,1H3/b7-4-/t21-,22+,23?,24+,26+/m0/s1. The number of halogens is 1. The lowest BCUT2D eigenvalue weighted by Crippen LogP contribution is -2.18. The lowest BCUT2D eigenvalue weighted by Gasteiger charge is -2.24. The number of allylic oxidation sites excluding steroid dienone is 2. The molecule has 0 saturated heterocycles. The number of unbranched alkanes of at least 4 members (excludes halogenated alkanes) is 3. The van der Waals surface area contributed by atoms with Crippen molar-refractivity contribution >= 4 is 17.6 Å². The van der Waals surface area contributed by atoms with Crippen LogP contribution in [0.15, 0.2) is 36.4 Å². The van der Waals surface area contributed by atoms with E-state index in [2.05, 4.69) is 19.1 Å². The second-order valence-electron chi connectivity index (χ2n) is 8.73. The van der Waals surface area contributed by atoms with Crippen LogP contribution < -0.4 is 0 Å². The van der Waals surface area contributed by atoms with Crippen LogP contribution in [-0.2, 0) is 9.53 Å². The van der Waals surface area contributed by atoms with Crippen LogP contribution in [0, 0.1) is 5.92 Å². The molecule has 32 heavy (non-hydrogen) atoms. The highest BCUT2D eigenvalue weighted by Crippen LogP contribution is 2.45. The van der Waals surface area contributed by atoms with Gasteiger partial charge in [-0.15, -0.1) is 11.6 Å². The van der Waals surface area contributed by atoms with Gasteiger partial charge >= 0.3 is 5.97 Å². The Bertz CT molecular complexity index is 707. The molecule has 1 aromatic rings. The molecule has 0 bridgehead atoms. The number of carbonyl (C=O) groups excluding carboxylic acids is 1. The Morgan fingerprint density at radius 2 is 2.09 bits per heavy atom. The molecule has 3 N–H and O–H groups in total. The molecule has 0 spiro atoms. The second-order valence-corrected chi connectivity index (χ2v) is 9.29. The molecule has 5 atom stereocenters. The van der Waals surface area contributed by atoms with Crippen LogP contribution >= 0.6 is 11.6 Å². The van der Waals surface area contributed by atoms with Crippen molar-refractivity contribution in [3.63, 3.8) is 0 Å². The summed E-state index contributed by atoms with van der Waals surface area (Å²) in [5.74, 6) is -0.229. The fourth-order valence-electron chi connectivity index (χ4n) is 4.52. The summed E-state index contributed by atoms with van der Waals surface area (Å²) in [4.78, 5) is 11.5. The number of rotatable bonds is 14. The molecule has 1 aliphatic carbocycles. The maximum absolute atomic E-state index is 11.5. The van der Waals surface area contributed by atoms with Gasteiger partial charge in [-0.2, -0.15) is 0 Å². The molecule has 6 heteroatoms. The van der Waals surface area contributed by atoms with E-state index < -0.39 is 12.2 Å². The summed E-state index contributed by atoms with van der Waals surface area (Å²) in [6.45, 7) is 2.05. The maximum Gasteiger partial charge on any atom is 0.305 e. The minimum Gasteiger partial charge on any atom is -0.463 e. The summed E-state index contributed by atoms with van der Waals surface area (Å²) in [7, 11) is 0. The molecule has 1 aromatic carbocycles. The highest BCUT2D eigenvalue weighted by molar-refractivity contribution is 6.21. The van der Waals surface area contributed by atoms with Crippen molar-refractivity contribution in [2.45, 2.75) is 88.2 Å². The number of hydrogen-bond acceptors (Lipinski definition) is 5. The van der Waals surface area contributed by atoms with Gasteiger partial charge in [-0.1, -0.05) is 62.6 Å². The van der Waals surface area contributed by atoms with Gasteiger partial charge in [0, 0.05) is 17.7 Å². The molecule has 0 amide bonds. The molecule has 5 nitrogen and oxygen atoms in total. The van der Waals surface area contributed by atoms with Crippen LogP contribution in [0.25, 0.3) is 0 Å². The number of benzene rings is 1. The van der Waals surface area contributed by atoms with Crippen LogP contribution in [0.2, 0.25) is 0 Å². The molecule has 1 fully saturated rings. The Kier molecular flexibility index (Phi) is 12.3. The fraction of sp³-hybridized carbons (Fsp3) is 0.654.